The summed E-state index contributed by atoms with van der Waals surface area (Å²) in [5.41, 5.74) is 3.82. The van der Waals surface area contributed by atoms with Crippen molar-refractivity contribution in [1.82, 2.24) is 14.2 Å². The van der Waals surface area contributed by atoms with Crippen LogP contribution in [-0.2, 0) is 29.4 Å². The molecule has 43 heavy (non-hydrogen) atoms. The maximum absolute atomic E-state index is 13.3. The van der Waals surface area contributed by atoms with Gasteiger partial charge in [-0.05, 0) is 111 Å². The van der Waals surface area contributed by atoms with E-state index in [1.54, 1.807) is 24.3 Å². The summed E-state index contributed by atoms with van der Waals surface area (Å²) >= 11 is 5.89. The SMILES string of the molecule is N#CCCn1cc(CCN2CCC(C(=O)c3ccc(F)cc3)CC2)c2cc(CCNS(=O)(=O)c3ccc(Cl)cc3)ccc21. The van der Waals surface area contributed by atoms with E-state index in [4.69, 9.17) is 16.9 Å². The minimum Gasteiger partial charge on any atom is -0.346 e. The number of nitrogens with one attached hydrogen (secondary N) is 1. The van der Waals surface area contributed by atoms with Crippen LogP contribution in [0, 0.1) is 23.1 Å². The van der Waals surface area contributed by atoms with Crippen LogP contribution in [0.4, 0.5) is 4.39 Å². The lowest BCUT2D eigenvalue weighted by Crippen LogP contribution is -2.37. The Hall–Kier alpha value is -3.55. The third-order valence-electron chi connectivity index (χ3n) is 8.11. The lowest BCUT2D eigenvalue weighted by atomic mass is 9.89. The van der Waals surface area contributed by atoms with Crippen LogP contribution in [0.25, 0.3) is 10.9 Å². The molecule has 1 aliphatic rings. The highest BCUT2D eigenvalue weighted by molar-refractivity contribution is 7.89. The first-order valence-corrected chi connectivity index (χ1v) is 16.3. The van der Waals surface area contributed by atoms with Crippen LogP contribution >= 0.6 is 11.6 Å². The normalized spacial score (nSPS) is 14.6. The molecule has 5 rings (SSSR count). The summed E-state index contributed by atoms with van der Waals surface area (Å²) in [5.74, 6) is -0.302. The number of ketones is 1. The first-order chi connectivity index (χ1) is 20.7. The van der Waals surface area contributed by atoms with Crippen LogP contribution in [0.1, 0.15) is 40.7 Å². The van der Waals surface area contributed by atoms with Crippen molar-refractivity contribution < 1.29 is 17.6 Å². The number of likely N-dealkylation sites (tertiary alicyclic amines) is 1. The Bertz CT molecular complexity index is 1720. The predicted molar refractivity (Wildman–Crippen MR) is 166 cm³/mol. The molecule has 0 aliphatic carbocycles. The molecule has 0 radical (unpaired) electrons. The summed E-state index contributed by atoms with van der Waals surface area (Å²) in [6.07, 6.45) is 5.43. The molecule has 0 saturated carbocycles. The van der Waals surface area contributed by atoms with Crippen molar-refractivity contribution >= 4 is 38.3 Å². The summed E-state index contributed by atoms with van der Waals surface area (Å²) in [7, 11) is -3.64. The first-order valence-electron chi connectivity index (χ1n) is 14.5. The summed E-state index contributed by atoms with van der Waals surface area (Å²) in [4.78, 5) is 15.4. The number of halogens is 2. The summed E-state index contributed by atoms with van der Waals surface area (Å²) < 4.78 is 43.4. The molecule has 224 valence electrons. The molecule has 0 unspecified atom stereocenters. The fourth-order valence-corrected chi connectivity index (χ4v) is 6.86. The average molecular weight is 621 g/mol. The maximum atomic E-state index is 13.3. The molecule has 0 atom stereocenters. The number of nitriles is 1. The van der Waals surface area contributed by atoms with Gasteiger partial charge in [-0.3, -0.25) is 4.79 Å². The van der Waals surface area contributed by atoms with E-state index in [9.17, 15) is 17.6 Å². The molecule has 1 fully saturated rings. The number of carbonyl (C=O) groups excluding carboxylic acids is 1. The van der Waals surface area contributed by atoms with Crippen molar-refractivity contribution in [3.05, 3.63) is 100 Å². The lowest BCUT2D eigenvalue weighted by molar-refractivity contribution is 0.0841. The zero-order valence-corrected chi connectivity index (χ0v) is 25.4. The van der Waals surface area contributed by atoms with E-state index < -0.39 is 10.0 Å². The molecular weight excluding hydrogens is 587 g/mol. The van der Waals surface area contributed by atoms with Gasteiger partial charge in [-0.1, -0.05) is 17.7 Å². The van der Waals surface area contributed by atoms with Gasteiger partial charge in [-0.2, -0.15) is 5.26 Å². The molecule has 4 aromatic rings. The van der Waals surface area contributed by atoms with Gasteiger partial charge >= 0.3 is 0 Å². The van der Waals surface area contributed by atoms with Crippen molar-refractivity contribution in [3.8, 4) is 6.07 Å². The van der Waals surface area contributed by atoms with E-state index in [0.29, 0.717) is 30.0 Å². The monoisotopic (exact) mass is 620 g/mol. The van der Waals surface area contributed by atoms with Gasteiger partial charge in [0.1, 0.15) is 5.82 Å². The molecule has 1 aromatic heterocycles. The minimum absolute atomic E-state index is 0.0470. The molecule has 0 amide bonds. The zero-order chi connectivity index (χ0) is 30.4. The van der Waals surface area contributed by atoms with E-state index in [1.807, 2.05) is 12.1 Å². The Morgan fingerprint density at radius 3 is 2.42 bits per heavy atom. The number of aryl methyl sites for hydroxylation is 1. The minimum atomic E-state index is -3.64. The number of nitrogens with zero attached hydrogens (tertiary/aromatic N) is 3. The third-order valence-corrected chi connectivity index (χ3v) is 9.84. The molecule has 1 N–H and O–H groups in total. The average Bonchev–Trinajstić information content (AvgIpc) is 3.36. The molecule has 1 aliphatic heterocycles. The predicted octanol–water partition coefficient (Wildman–Crippen LogP) is 6.01. The molecule has 7 nitrogen and oxygen atoms in total. The fraction of sp³-hybridized carbons (Fsp3) is 0.333. The first kappa shape index (κ1) is 30.9. The van der Waals surface area contributed by atoms with Gasteiger partial charge in [-0.25, -0.2) is 17.5 Å². The van der Waals surface area contributed by atoms with Gasteiger partial charge in [0.05, 0.1) is 17.4 Å². The van der Waals surface area contributed by atoms with Crippen LogP contribution in [0.2, 0.25) is 5.02 Å². The van der Waals surface area contributed by atoms with Crippen molar-refractivity contribution in [2.75, 3.05) is 26.2 Å². The van der Waals surface area contributed by atoms with Crippen LogP contribution in [0.3, 0.4) is 0 Å². The molecule has 1 saturated heterocycles. The molecular formula is C33H34ClFN4O3S. The number of sulfonamides is 1. The highest BCUT2D eigenvalue weighted by Crippen LogP contribution is 2.26. The second kappa shape index (κ2) is 13.8. The second-order valence-corrected chi connectivity index (χ2v) is 13.1. The number of carbonyl (C=O) groups is 1. The van der Waals surface area contributed by atoms with Crippen molar-refractivity contribution in [3.63, 3.8) is 0 Å². The number of aromatic nitrogens is 1. The Kier molecular flexibility index (Phi) is 9.93. The summed E-state index contributed by atoms with van der Waals surface area (Å²) in [5, 5.41) is 10.7. The summed E-state index contributed by atoms with van der Waals surface area (Å²) in [6.45, 7) is 3.35. The van der Waals surface area contributed by atoms with Gasteiger partial charge in [0.25, 0.3) is 0 Å². The molecule has 0 bridgehead atoms. The van der Waals surface area contributed by atoms with Gasteiger partial charge in [-0.15, -0.1) is 0 Å². The zero-order valence-electron chi connectivity index (χ0n) is 23.8. The number of hydrogen-bond acceptors (Lipinski definition) is 5. The Morgan fingerprint density at radius 2 is 1.72 bits per heavy atom. The van der Waals surface area contributed by atoms with Crippen molar-refractivity contribution in [2.24, 2.45) is 5.92 Å². The van der Waals surface area contributed by atoms with Gasteiger partial charge in [0, 0.05) is 53.2 Å². The molecule has 2 heterocycles. The smallest absolute Gasteiger partial charge is 0.240 e. The van der Waals surface area contributed by atoms with Crippen LogP contribution in [-0.4, -0.2) is 49.8 Å². The Labute approximate surface area is 256 Å². The van der Waals surface area contributed by atoms with Gasteiger partial charge in [0.2, 0.25) is 10.0 Å². The highest BCUT2D eigenvalue weighted by atomic mass is 35.5. The van der Waals surface area contributed by atoms with Gasteiger partial charge < -0.3 is 9.47 Å². The molecule has 3 aromatic carbocycles. The number of piperidine rings is 1. The van der Waals surface area contributed by atoms with Crippen LogP contribution < -0.4 is 4.72 Å². The fourth-order valence-electron chi connectivity index (χ4n) is 5.70. The second-order valence-electron chi connectivity index (χ2n) is 10.9. The standard InChI is InChI=1S/C33H34ClFN4O3S/c34-28-5-9-30(10-6-28)43(41,42)37-17-12-24-2-11-32-31(22-24)27(23-39(32)18-1-16-36)15-21-38-19-13-26(14-20-38)33(40)25-3-7-29(35)8-4-25/h2-11,22-23,26,37H,1,12-15,17-21H2. The Balaban J connectivity index is 1.22. The number of benzene rings is 3. The quantitative estimate of drug-likeness (QED) is 0.196. The molecule has 0 spiro atoms. The van der Waals surface area contributed by atoms with E-state index in [0.717, 1.165) is 55.4 Å². The van der Waals surface area contributed by atoms with Crippen LogP contribution in [0.5, 0.6) is 0 Å². The van der Waals surface area contributed by atoms with E-state index in [2.05, 4.69) is 32.5 Å². The number of fused-ring (bicyclic) bond motifs is 1. The number of rotatable bonds is 12. The van der Waals surface area contributed by atoms with Gasteiger partial charge in [0.15, 0.2) is 5.78 Å². The van der Waals surface area contributed by atoms with Crippen molar-refractivity contribution in [2.45, 2.75) is 43.5 Å². The van der Waals surface area contributed by atoms with E-state index in [-0.39, 0.29) is 29.0 Å². The third kappa shape index (κ3) is 7.70. The number of hydrogen-bond donors (Lipinski definition) is 1. The maximum Gasteiger partial charge on any atom is 0.240 e. The highest BCUT2D eigenvalue weighted by Gasteiger charge is 2.26. The van der Waals surface area contributed by atoms with Crippen molar-refractivity contribution in [1.29, 1.82) is 5.26 Å². The van der Waals surface area contributed by atoms with E-state index in [1.165, 1.54) is 29.8 Å². The van der Waals surface area contributed by atoms with E-state index >= 15 is 0 Å². The Morgan fingerprint density at radius 1 is 1.00 bits per heavy atom. The van der Waals surface area contributed by atoms with Crippen LogP contribution in [0.15, 0.2) is 77.8 Å². The largest absolute Gasteiger partial charge is 0.346 e. The lowest BCUT2D eigenvalue weighted by Gasteiger charge is -2.31. The molecule has 10 heteroatoms. The topological polar surface area (TPSA) is 95.2 Å². The number of Topliss-reactive ketones (excluding diaryl/α,β-unsaturated/α-hetero) is 1. The summed E-state index contributed by atoms with van der Waals surface area (Å²) in [6, 6.07) is 20.3.